The molecule has 0 aliphatic carbocycles. The Morgan fingerprint density at radius 3 is 2.37 bits per heavy atom. The lowest BCUT2D eigenvalue weighted by Gasteiger charge is -2.15. The molecule has 0 bridgehead atoms. The lowest BCUT2D eigenvalue weighted by atomic mass is 10.1. The van der Waals surface area contributed by atoms with E-state index in [4.69, 9.17) is 10.2 Å². The third-order valence-electron chi connectivity index (χ3n) is 5.42. The van der Waals surface area contributed by atoms with E-state index in [0.29, 0.717) is 18.7 Å². The van der Waals surface area contributed by atoms with Crippen LogP contribution in [0.4, 0.5) is 0 Å². The number of ether oxygens (including phenoxy) is 1. The number of nitrogens with two attached hydrogens (primary N) is 1. The normalized spacial score (nSPS) is 12.3. The summed E-state index contributed by atoms with van der Waals surface area (Å²) in [5.74, 6) is 1.93. The summed E-state index contributed by atoms with van der Waals surface area (Å²) >= 11 is 0. The van der Waals surface area contributed by atoms with E-state index in [0.717, 1.165) is 53.3 Å². The molecule has 0 heterocycles. The Hall–Kier alpha value is -3.11. The van der Waals surface area contributed by atoms with E-state index in [9.17, 15) is 5.11 Å². The molecule has 184 valence electrons. The van der Waals surface area contributed by atoms with Crippen LogP contribution in [0.1, 0.15) is 35.6 Å². The summed E-state index contributed by atoms with van der Waals surface area (Å²) in [6.07, 6.45) is 3.89. The summed E-state index contributed by atoms with van der Waals surface area (Å²) in [5, 5.41) is 16.8. The van der Waals surface area contributed by atoms with Gasteiger partial charge in [0, 0.05) is 45.4 Å². The van der Waals surface area contributed by atoms with Crippen LogP contribution in [0.15, 0.2) is 96.9 Å². The molecule has 3 rings (SSSR count). The summed E-state index contributed by atoms with van der Waals surface area (Å²) < 4.78 is 6.23. The fraction of sp³-hybridized carbons (Fsp3) is 0.241. The van der Waals surface area contributed by atoms with E-state index in [1.807, 2.05) is 62.1 Å². The Balaban J connectivity index is 1.63. The SMILES string of the molecule is C=C(Cc1ccc(Oc2ccc(CC(O)=CCC)cc2CNP(C)N)cc1)NCc1ccccc1. The van der Waals surface area contributed by atoms with E-state index in [1.54, 1.807) is 0 Å². The molecule has 1 atom stereocenters. The van der Waals surface area contributed by atoms with Gasteiger partial charge in [-0.1, -0.05) is 68.1 Å². The van der Waals surface area contributed by atoms with Crippen LogP contribution in [-0.2, 0) is 25.9 Å². The van der Waals surface area contributed by atoms with Gasteiger partial charge in [0.05, 0.1) is 5.76 Å². The minimum absolute atomic E-state index is 0.382. The molecule has 6 heteroatoms. The van der Waals surface area contributed by atoms with Crippen molar-refractivity contribution in [2.75, 3.05) is 6.66 Å². The van der Waals surface area contributed by atoms with E-state index < -0.39 is 8.22 Å². The second-order valence-electron chi connectivity index (χ2n) is 8.53. The summed E-state index contributed by atoms with van der Waals surface area (Å²) in [6, 6.07) is 24.4. The highest BCUT2D eigenvalue weighted by molar-refractivity contribution is 7.52. The standard InChI is InChI=1S/C29H36N3O2P/c1-4-8-27(33)19-25-13-16-29(26(18-25)21-32-35(3)30)34-28-14-11-23(12-15-28)17-22(2)31-20-24-9-6-5-7-10-24/h5-16,18,31-33H,2,4,17,19-21,30H2,1,3H3. The van der Waals surface area contributed by atoms with Gasteiger partial charge < -0.3 is 15.2 Å². The molecule has 0 aliphatic rings. The van der Waals surface area contributed by atoms with E-state index >= 15 is 0 Å². The van der Waals surface area contributed by atoms with Crippen molar-refractivity contribution >= 4 is 8.22 Å². The molecule has 0 radical (unpaired) electrons. The van der Waals surface area contributed by atoms with Crippen molar-refractivity contribution in [2.24, 2.45) is 5.50 Å². The Kier molecular flexibility index (Phi) is 10.4. The fourth-order valence-electron chi connectivity index (χ4n) is 3.64. The molecule has 3 aromatic carbocycles. The van der Waals surface area contributed by atoms with Crippen molar-refractivity contribution in [3.63, 3.8) is 0 Å². The van der Waals surface area contributed by atoms with Crippen LogP contribution < -0.4 is 20.6 Å². The molecule has 0 amide bonds. The van der Waals surface area contributed by atoms with Crippen LogP contribution in [-0.4, -0.2) is 11.8 Å². The zero-order valence-electron chi connectivity index (χ0n) is 20.6. The number of aliphatic hydroxyl groups excluding tert-OH is 1. The predicted molar refractivity (Wildman–Crippen MR) is 148 cm³/mol. The van der Waals surface area contributed by atoms with Gasteiger partial charge in [-0.3, -0.25) is 10.6 Å². The second-order valence-corrected chi connectivity index (χ2v) is 10.1. The van der Waals surface area contributed by atoms with Gasteiger partial charge in [-0.15, -0.1) is 0 Å². The molecule has 0 spiro atoms. The van der Waals surface area contributed by atoms with Gasteiger partial charge in [0.15, 0.2) is 0 Å². The quantitative estimate of drug-likeness (QED) is 0.159. The van der Waals surface area contributed by atoms with Gasteiger partial charge in [0.2, 0.25) is 0 Å². The Bertz CT molecular complexity index is 1110. The van der Waals surface area contributed by atoms with E-state index in [1.165, 1.54) is 5.56 Å². The van der Waals surface area contributed by atoms with E-state index in [2.05, 4.69) is 47.3 Å². The van der Waals surface area contributed by atoms with Crippen molar-refractivity contribution in [1.82, 2.24) is 10.4 Å². The minimum Gasteiger partial charge on any atom is -0.512 e. The summed E-state index contributed by atoms with van der Waals surface area (Å²) in [7, 11) is -0.740. The zero-order chi connectivity index (χ0) is 25.0. The number of rotatable bonds is 13. The van der Waals surface area contributed by atoms with Gasteiger partial charge in [-0.05, 0) is 54.1 Å². The maximum Gasteiger partial charge on any atom is 0.131 e. The monoisotopic (exact) mass is 489 g/mol. The largest absolute Gasteiger partial charge is 0.512 e. The maximum atomic E-state index is 10.1. The number of aliphatic hydroxyl groups is 1. The Morgan fingerprint density at radius 2 is 1.69 bits per heavy atom. The molecular weight excluding hydrogens is 453 g/mol. The van der Waals surface area contributed by atoms with Gasteiger partial charge >= 0.3 is 0 Å². The average Bonchev–Trinajstić information content (AvgIpc) is 2.84. The van der Waals surface area contributed by atoms with Crippen molar-refractivity contribution in [3.8, 4) is 11.5 Å². The first-order valence-corrected chi connectivity index (χ1v) is 13.7. The van der Waals surface area contributed by atoms with Gasteiger partial charge in [0.25, 0.3) is 0 Å². The lowest BCUT2D eigenvalue weighted by Crippen LogP contribution is -2.13. The van der Waals surface area contributed by atoms with Crippen molar-refractivity contribution in [2.45, 2.75) is 39.3 Å². The fourth-order valence-corrected chi connectivity index (χ4v) is 4.06. The first kappa shape index (κ1) is 26.5. The molecule has 0 fully saturated rings. The molecule has 3 aromatic rings. The Labute approximate surface area is 210 Å². The highest BCUT2D eigenvalue weighted by atomic mass is 31.1. The number of hydrogen-bond acceptors (Lipinski definition) is 5. The number of nitrogens with one attached hydrogen (secondary N) is 2. The van der Waals surface area contributed by atoms with Gasteiger partial charge in [-0.2, -0.15) is 0 Å². The molecule has 5 N–H and O–H groups in total. The second kappa shape index (κ2) is 13.7. The zero-order valence-corrected chi connectivity index (χ0v) is 21.5. The van der Waals surface area contributed by atoms with Crippen molar-refractivity contribution in [3.05, 3.63) is 119 Å². The van der Waals surface area contributed by atoms with Crippen LogP contribution in [0.3, 0.4) is 0 Å². The number of hydrogen-bond donors (Lipinski definition) is 4. The molecular formula is C29H36N3O2P. The third kappa shape index (κ3) is 9.22. The Morgan fingerprint density at radius 1 is 0.971 bits per heavy atom. The molecule has 35 heavy (non-hydrogen) atoms. The summed E-state index contributed by atoms with van der Waals surface area (Å²) in [5.41, 5.74) is 11.4. The number of benzene rings is 3. The topological polar surface area (TPSA) is 79.5 Å². The summed E-state index contributed by atoms with van der Waals surface area (Å²) in [6.45, 7) is 9.51. The van der Waals surface area contributed by atoms with E-state index in [-0.39, 0.29) is 0 Å². The van der Waals surface area contributed by atoms with Crippen LogP contribution in [0.2, 0.25) is 0 Å². The smallest absolute Gasteiger partial charge is 0.131 e. The van der Waals surface area contributed by atoms with Crippen LogP contribution in [0.5, 0.6) is 11.5 Å². The van der Waals surface area contributed by atoms with Gasteiger partial charge in [-0.25, -0.2) is 0 Å². The van der Waals surface area contributed by atoms with Crippen molar-refractivity contribution in [1.29, 1.82) is 0 Å². The highest BCUT2D eigenvalue weighted by Gasteiger charge is 2.09. The molecule has 1 unspecified atom stereocenters. The van der Waals surface area contributed by atoms with Crippen LogP contribution >= 0.6 is 8.22 Å². The van der Waals surface area contributed by atoms with Crippen LogP contribution in [0, 0.1) is 0 Å². The number of allylic oxidation sites excluding steroid dienone is 3. The minimum atomic E-state index is -0.740. The third-order valence-corrected chi connectivity index (χ3v) is 6.08. The summed E-state index contributed by atoms with van der Waals surface area (Å²) in [4.78, 5) is 0. The molecule has 0 saturated heterocycles. The molecule has 0 aliphatic heterocycles. The van der Waals surface area contributed by atoms with Crippen molar-refractivity contribution < 1.29 is 9.84 Å². The molecule has 5 nitrogen and oxygen atoms in total. The van der Waals surface area contributed by atoms with Crippen LogP contribution in [0.25, 0.3) is 0 Å². The predicted octanol–water partition coefficient (Wildman–Crippen LogP) is 6.71. The maximum absolute atomic E-state index is 10.1. The lowest BCUT2D eigenvalue weighted by molar-refractivity contribution is 0.396. The first-order chi connectivity index (χ1) is 16.9. The highest BCUT2D eigenvalue weighted by Crippen LogP contribution is 2.29. The molecule has 0 aromatic heterocycles. The average molecular weight is 490 g/mol. The first-order valence-electron chi connectivity index (χ1n) is 11.9. The molecule has 0 saturated carbocycles. The van der Waals surface area contributed by atoms with Gasteiger partial charge in [0.1, 0.15) is 11.5 Å².